The summed E-state index contributed by atoms with van der Waals surface area (Å²) in [4.78, 5) is 25.1. The summed E-state index contributed by atoms with van der Waals surface area (Å²) in [5.41, 5.74) is 3.91. The van der Waals surface area contributed by atoms with Crippen LogP contribution in [-0.2, 0) is 4.79 Å². The number of hydrogen-bond donors (Lipinski definition) is 2. The van der Waals surface area contributed by atoms with E-state index in [2.05, 4.69) is 10.6 Å². The monoisotopic (exact) mass is 470 g/mol. The third kappa shape index (κ3) is 5.82. The van der Waals surface area contributed by atoms with Gasteiger partial charge in [-0.25, -0.2) is 0 Å². The van der Waals surface area contributed by atoms with Crippen molar-refractivity contribution >= 4 is 34.8 Å². The Labute approximate surface area is 203 Å². The van der Waals surface area contributed by atoms with E-state index in [0.29, 0.717) is 27.7 Å². The van der Waals surface area contributed by atoms with Crippen molar-refractivity contribution in [2.75, 3.05) is 10.6 Å². The van der Waals surface area contributed by atoms with E-state index >= 15 is 0 Å². The number of benzene rings is 4. The van der Waals surface area contributed by atoms with Crippen LogP contribution in [0.4, 0.5) is 11.4 Å². The van der Waals surface area contributed by atoms with Crippen LogP contribution >= 0.6 is 11.6 Å². The smallest absolute Gasteiger partial charge is 0.265 e. The number of carbonyl (C=O) groups is 2. The Balaban J connectivity index is 1.33. The first-order valence-electron chi connectivity index (χ1n) is 10.8. The number of ether oxygens (including phenoxy) is 1. The van der Waals surface area contributed by atoms with Crippen molar-refractivity contribution in [2.45, 2.75) is 13.0 Å². The van der Waals surface area contributed by atoms with Gasteiger partial charge in [-0.1, -0.05) is 66.2 Å². The van der Waals surface area contributed by atoms with Gasteiger partial charge in [0.05, 0.1) is 5.02 Å². The van der Waals surface area contributed by atoms with E-state index in [1.165, 1.54) is 0 Å². The van der Waals surface area contributed by atoms with E-state index in [1.54, 1.807) is 67.6 Å². The molecule has 5 nitrogen and oxygen atoms in total. The van der Waals surface area contributed by atoms with E-state index in [4.69, 9.17) is 16.3 Å². The summed E-state index contributed by atoms with van der Waals surface area (Å²) >= 11 is 6.08. The molecule has 4 aromatic carbocycles. The quantitative estimate of drug-likeness (QED) is 0.317. The highest BCUT2D eigenvalue weighted by Gasteiger charge is 2.16. The average molecular weight is 471 g/mol. The Hall–Kier alpha value is -4.09. The molecule has 0 heterocycles. The van der Waals surface area contributed by atoms with Crippen molar-refractivity contribution in [1.29, 1.82) is 0 Å². The predicted octanol–water partition coefficient (Wildman–Crippen LogP) is 6.67. The fourth-order valence-corrected chi connectivity index (χ4v) is 3.49. The molecule has 2 N–H and O–H groups in total. The van der Waals surface area contributed by atoms with Gasteiger partial charge in [-0.3, -0.25) is 9.59 Å². The van der Waals surface area contributed by atoms with Crippen LogP contribution in [0, 0.1) is 0 Å². The van der Waals surface area contributed by atoms with Gasteiger partial charge in [0.15, 0.2) is 6.10 Å². The molecule has 0 aliphatic carbocycles. The van der Waals surface area contributed by atoms with Crippen LogP contribution in [0.2, 0.25) is 5.02 Å². The van der Waals surface area contributed by atoms with Crippen molar-refractivity contribution in [3.63, 3.8) is 0 Å². The van der Waals surface area contributed by atoms with Crippen LogP contribution in [-0.4, -0.2) is 17.9 Å². The molecule has 170 valence electrons. The topological polar surface area (TPSA) is 67.4 Å². The van der Waals surface area contributed by atoms with Crippen molar-refractivity contribution < 1.29 is 14.3 Å². The molecule has 2 amide bonds. The van der Waals surface area contributed by atoms with Gasteiger partial charge in [0.2, 0.25) is 0 Å². The molecule has 1 unspecified atom stereocenters. The van der Waals surface area contributed by atoms with E-state index in [9.17, 15) is 9.59 Å². The number of anilines is 2. The first-order valence-corrected chi connectivity index (χ1v) is 11.2. The van der Waals surface area contributed by atoms with Crippen LogP contribution in [0.15, 0.2) is 103 Å². The summed E-state index contributed by atoms with van der Waals surface area (Å²) in [5, 5.41) is 6.11. The van der Waals surface area contributed by atoms with Gasteiger partial charge in [0.1, 0.15) is 5.75 Å². The Morgan fingerprint density at radius 1 is 0.706 bits per heavy atom. The summed E-state index contributed by atoms with van der Waals surface area (Å²) in [5.74, 6) is -0.0740. The van der Waals surface area contributed by atoms with E-state index in [0.717, 1.165) is 11.1 Å². The molecule has 0 aliphatic heterocycles. The average Bonchev–Trinajstić information content (AvgIpc) is 2.87. The molecule has 6 heteroatoms. The van der Waals surface area contributed by atoms with Crippen LogP contribution in [0.1, 0.15) is 17.3 Å². The van der Waals surface area contributed by atoms with Crippen LogP contribution in [0.5, 0.6) is 5.75 Å². The number of nitrogens with one attached hydrogen (secondary N) is 2. The van der Waals surface area contributed by atoms with Crippen LogP contribution < -0.4 is 15.4 Å². The maximum atomic E-state index is 12.6. The zero-order valence-electron chi connectivity index (χ0n) is 18.5. The van der Waals surface area contributed by atoms with Gasteiger partial charge in [-0.2, -0.15) is 0 Å². The van der Waals surface area contributed by atoms with E-state index < -0.39 is 6.10 Å². The predicted molar refractivity (Wildman–Crippen MR) is 136 cm³/mol. The molecule has 0 fully saturated rings. The number of para-hydroxylation sites is 1. The molecule has 0 radical (unpaired) electrons. The van der Waals surface area contributed by atoms with E-state index in [1.807, 2.05) is 42.5 Å². The lowest BCUT2D eigenvalue weighted by atomic mass is 10.0. The van der Waals surface area contributed by atoms with Gasteiger partial charge in [0.25, 0.3) is 11.8 Å². The second kappa shape index (κ2) is 10.7. The molecular formula is C28H23ClN2O3. The highest BCUT2D eigenvalue weighted by molar-refractivity contribution is 6.32. The van der Waals surface area contributed by atoms with Crippen molar-refractivity contribution in [2.24, 2.45) is 0 Å². The zero-order valence-corrected chi connectivity index (χ0v) is 19.3. The van der Waals surface area contributed by atoms with Crippen LogP contribution in [0.25, 0.3) is 11.1 Å². The van der Waals surface area contributed by atoms with Gasteiger partial charge in [0, 0.05) is 16.9 Å². The second-order valence-corrected chi connectivity index (χ2v) is 8.06. The number of amides is 2. The molecular weight excluding hydrogens is 448 g/mol. The Morgan fingerprint density at radius 2 is 1.26 bits per heavy atom. The molecule has 0 aliphatic rings. The summed E-state index contributed by atoms with van der Waals surface area (Å²) in [6, 6.07) is 31.3. The fourth-order valence-electron chi connectivity index (χ4n) is 3.31. The SMILES string of the molecule is CC(Oc1ccccc1Cl)C(=O)Nc1ccc(NC(=O)c2ccc(-c3ccccc3)cc2)cc1. The summed E-state index contributed by atoms with van der Waals surface area (Å²) in [6.07, 6.45) is -0.738. The second-order valence-electron chi connectivity index (χ2n) is 7.65. The molecule has 0 bridgehead atoms. The molecule has 1 atom stereocenters. The van der Waals surface area contributed by atoms with Gasteiger partial charge < -0.3 is 15.4 Å². The fraction of sp³-hybridized carbons (Fsp3) is 0.0714. The lowest BCUT2D eigenvalue weighted by Crippen LogP contribution is -2.30. The Morgan fingerprint density at radius 3 is 1.91 bits per heavy atom. The molecule has 4 rings (SSSR count). The lowest BCUT2D eigenvalue weighted by Gasteiger charge is -2.15. The largest absolute Gasteiger partial charge is 0.479 e. The maximum absolute atomic E-state index is 12.6. The molecule has 0 spiro atoms. The minimum absolute atomic E-state index is 0.210. The standard InChI is InChI=1S/C28H23ClN2O3/c1-19(34-26-10-6-5-9-25(26)29)27(32)30-23-15-17-24(18-16-23)31-28(33)22-13-11-21(12-14-22)20-7-3-2-4-8-20/h2-19H,1H3,(H,30,32)(H,31,33). The highest BCUT2D eigenvalue weighted by Crippen LogP contribution is 2.25. The number of carbonyl (C=O) groups excluding carboxylic acids is 2. The third-order valence-corrected chi connectivity index (χ3v) is 5.49. The summed E-state index contributed by atoms with van der Waals surface area (Å²) in [6.45, 7) is 1.65. The van der Waals surface area contributed by atoms with E-state index in [-0.39, 0.29) is 11.8 Å². The molecule has 0 saturated heterocycles. The van der Waals surface area contributed by atoms with Crippen molar-refractivity contribution in [3.8, 4) is 16.9 Å². The highest BCUT2D eigenvalue weighted by atomic mass is 35.5. The lowest BCUT2D eigenvalue weighted by molar-refractivity contribution is -0.122. The molecule has 0 saturated carbocycles. The number of halogens is 1. The first kappa shape index (κ1) is 23.1. The molecule has 4 aromatic rings. The van der Waals surface area contributed by atoms with Crippen LogP contribution in [0.3, 0.4) is 0 Å². The zero-order chi connectivity index (χ0) is 23.9. The maximum Gasteiger partial charge on any atom is 0.265 e. The molecule has 34 heavy (non-hydrogen) atoms. The normalized spacial score (nSPS) is 11.4. The Bertz CT molecular complexity index is 1270. The summed E-state index contributed by atoms with van der Waals surface area (Å²) in [7, 11) is 0. The van der Waals surface area contributed by atoms with Gasteiger partial charge in [-0.05, 0) is 66.6 Å². The number of hydrogen-bond acceptors (Lipinski definition) is 3. The van der Waals surface area contributed by atoms with Crippen molar-refractivity contribution in [1.82, 2.24) is 0 Å². The first-order chi connectivity index (χ1) is 16.5. The Kier molecular flexibility index (Phi) is 7.25. The van der Waals surface area contributed by atoms with Crippen molar-refractivity contribution in [3.05, 3.63) is 114 Å². The van der Waals surface area contributed by atoms with Gasteiger partial charge in [-0.15, -0.1) is 0 Å². The minimum Gasteiger partial charge on any atom is -0.479 e. The third-order valence-electron chi connectivity index (χ3n) is 5.17. The summed E-state index contributed by atoms with van der Waals surface area (Å²) < 4.78 is 5.64. The minimum atomic E-state index is -0.738. The molecule has 0 aromatic heterocycles. The number of rotatable bonds is 7. The van der Waals surface area contributed by atoms with Gasteiger partial charge >= 0.3 is 0 Å².